The van der Waals surface area contributed by atoms with Crippen molar-refractivity contribution in [3.63, 3.8) is 0 Å². The van der Waals surface area contributed by atoms with Crippen LogP contribution in [-0.2, 0) is 16.0 Å². The van der Waals surface area contributed by atoms with Crippen molar-refractivity contribution in [1.82, 2.24) is 4.98 Å². The first-order valence-corrected chi connectivity index (χ1v) is 5.03. The lowest BCUT2D eigenvalue weighted by molar-refractivity contribution is -0.147. The molecule has 1 unspecified atom stereocenters. The number of rotatable bonds is 5. The molecule has 0 aliphatic carbocycles. The van der Waals surface area contributed by atoms with E-state index < -0.39 is 0 Å². The minimum absolute atomic E-state index is 0.233. The summed E-state index contributed by atoms with van der Waals surface area (Å²) >= 11 is 0. The van der Waals surface area contributed by atoms with Gasteiger partial charge >= 0.3 is 5.97 Å². The van der Waals surface area contributed by atoms with E-state index in [1.807, 2.05) is 12.1 Å². The van der Waals surface area contributed by atoms with Gasteiger partial charge in [-0.25, -0.2) is 0 Å². The van der Waals surface area contributed by atoms with E-state index in [-0.39, 0.29) is 11.9 Å². The molecule has 0 saturated carbocycles. The summed E-state index contributed by atoms with van der Waals surface area (Å²) in [5.74, 6) is -0.502. The molecule has 1 atom stereocenters. The maximum atomic E-state index is 11.5. The summed E-state index contributed by atoms with van der Waals surface area (Å²) in [4.78, 5) is 15.4. The van der Waals surface area contributed by atoms with Crippen molar-refractivity contribution in [2.45, 2.75) is 13.3 Å². The Morgan fingerprint density at radius 3 is 3.00 bits per heavy atom. The van der Waals surface area contributed by atoms with Crippen LogP contribution < -0.4 is 5.73 Å². The van der Waals surface area contributed by atoms with Crippen LogP contribution >= 0.6 is 0 Å². The van der Waals surface area contributed by atoms with Crippen LogP contribution in [0.1, 0.15) is 12.5 Å². The van der Waals surface area contributed by atoms with Gasteiger partial charge < -0.3 is 10.5 Å². The van der Waals surface area contributed by atoms with Crippen LogP contribution in [0.25, 0.3) is 0 Å². The van der Waals surface area contributed by atoms with E-state index in [2.05, 4.69) is 4.98 Å². The third-order valence-electron chi connectivity index (χ3n) is 2.11. The van der Waals surface area contributed by atoms with Gasteiger partial charge in [0.15, 0.2) is 0 Å². The van der Waals surface area contributed by atoms with Crippen LogP contribution in [0.4, 0.5) is 0 Å². The number of pyridine rings is 1. The van der Waals surface area contributed by atoms with Crippen molar-refractivity contribution in [3.05, 3.63) is 30.1 Å². The van der Waals surface area contributed by atoms with E-state index in [0.29, 0.717) is 19.6 Å². The topological polar surface area (TPSA) is 65.2 Å². The smallest absolute Gasteiger partial charge is 0.310 e. The molecule has 1 aromatic heterocycles. The van der Waals surface area contributed by atoms with Crippen LogP contribution in [0.2, 0.25) is 0 Å². The van der Waals surface area contributed by atoms with Crippen molar-refractivity contribution in [2.24, 2.45) is 11.7 Å². The molecule has 82 valence electrons. The standard InChI is InChI=1S/C11H16N2O2/c1-2-15-11(14)10(7-12)6-9-4-3-5-13-8-9/h3-5,8,10H,2,6-7,12H2,1H3. The number of esters is 1. The molecule has 0 aliphatic heterocycles. The molecule has 0 spiro atoms. The highest BCUT2D eigenvalue weighted by Crippen LogP contribution is 2.08. The third kappa shape index (κ3) is 3.67. The SMILES string of the molecule is CCOC(=O)C(CN)Cc1cccnc1. The number of nitrogens with zero attached hydrogens (tertiary/aromatic N) is 1. The van der Waals surface area contributed by atoms with Crippen molar-refractivity contribution >= 4 is 5.97 Å². The minimum atomic E-state index is -0.269. The number of ether oxygens (including phenoxy) is 1. The van der Waals surface area contributed by atoms with E-state index in [1.54, 1.807) is 19.3 Å². The lowest BCUT2D eigenvalue weighted by Crippen LogP contribution is -2.27. The summed E-state index contributed by atoms with van der Waals surface area (Å²) in [6, 6.07) is 3.77. The zero-order chi connectivity index (χ0) is 11.1. The second kappa shape index (κ2) is 6.14. The number of hydrogen-bond acceptors (Lipinski definition) is 4. The predicted octanol–water partition coefficient (Wildman–Crippen LogP) is 0.762. The second-order valence-corrected chi connectivity index (χ2v) is 3.25. The van der Waals surface area contributed by atoms with Crippen LogP contribution in [0, 0.1) is 5.92 Å². The Labute approximate surface area is 89.5 Å². The van der Waals surface area contributed by atoms with Crippen LogP contribution in [0.5, 0.6) is 0 Å². The quantitative estimate of drug-likeness (QED) is 0.725. The third-order valence-corrected chi connectivity index (χ3v) is 2.11. The van der Waals surface area contributed by atoms with Gasteiger partial charge in [-0.05, 0) is 25.0 Å². The number of aromatic nitrogens is 1. The lowest BCUT2D eigenvalue weighted by Gasteiger charge is -2.12. The summed E-state index contributed by atoms with van der Waals surface area (Å²) in [6.07, 6.45) is 4.02. The first-order valence-electron chi connectivity index (χ1n) is 5.03. The van der Waals surface area contributed by atoms with Gasteiger partial charge in [0, 0.05) is 18.9 Å². The molecule has 0 aliphatic rings. The highest BCUT2D eigenvalue weighted by molar-refractivity contribution is 5.73. The van der Waals surface area contributed by atoms with Gasteiger partial charge in [0.1, 0.15) is 0 Å². The summed E-state index contributed by atoms with van der Waals surface area (Å²) in [5.41, 5.74) is 6.53. The van der Waals surface area contributed by atoms with Gasteiger partial charge in [0.05, 0.1) is 12.5 Å². The molecule has 0 radical (unpaired) electrons. The average molecular weight is 208 g/mol. The first-order chi connectivity index (χ1) is 7.27. The molecule has 1 rings (SSSR count). The monoisotopic (exact) mass is 208 g/mol. The molecule has 1 aromatic rings. The molecule has 0 aromatic carbocycles. The van der Waals surface area contributed by atoms with E-state index in [9.17, 15) is 4.79 Å². The average Bonchev–Trinajstić information content (AvgIpc) is 2.27. The molecular weight excluding hydrogens is 192 g/mol. The first kappa shape index (κ1) is 11.7. The van der Waals surface area contributed by atoms with E-state index in [4.69, 9.17) is 10.5 Å². The fourth-order valence-corrected chi connectivity index (χ4v) is 1.33. The van der Waals surface area contributed by atoms with Crippen molar-refractivity contribution in [3.8, 4) is 0 Å². The van der Waals surface area contributed by atoms with Gasteiger partial charge in [0.2, 0.25) is 0 Å². The second-order valence-electron chi connectivity index (χ2n) is 3.25. The number of carbonyl (C=O) groups excluding carboxylic acids is 1. The number of carbonyl (C=O) groups is 1. The maximum absolute atomic E-state index is 11.5. The van der Waals surface area contributed by atoms with Crippen LogP contribution in [-0.4, -0.2) is 24.1 Å². The van der Waals surface area contributed by atoms with E-state index in [0.717, 1.165) is 5.56 Å². The van der Waals surface area contributed by atoms with Gasteiger partial charge in [-0.2, -0.15) is 0 Å². The molecule has 0 amide bonds. The molecule has 0 fully saturated rings. The largest absolute Gasteiger partial charge is 0.466 e. The van der Waals surface area contributed by atoms with Crippen LogP contribution in [0.15, 0.2) is 24.5 Å². The Bertz CT molecular complexity index is 301. The molecule has 0 bridgehead atoms. The fraction of sp³-hybridized carbons (Fsp3) is 0.455. The molecule has 2 N–H and O–H groups in total. The fourth-order valence-electron chi connectivity index (χ4n) is 1.33. The van der Waals surface area contributed by atoms with Crippen molar-refractivity contribution in [2.75, 3.05) is 13.2 Å². The zero-order valence-electron chi connectivity index (χ0n) is 8.85. The predicted molar refractivity (Wildman–Crippen MR) is 57.1 cm³/mol. The molecule has 15 heavy (non-hydrogen) atoms. The van der Waals surface area contributed by atoms with Crippen molar-refractivity contribution < 1.29 is 9.53 Å². The Morgan fingerprint density at radius 1 is 1.67 bits per heavy atom. The van der Waals surface area contributed by atoms with E-state index in [1.165, 1.54) is 0 Å². The van der Waals surface area contributed by atoms with Gasteiger partial charge in [0.25, 0.3) is 0 Å². The number of hydrogen-bond donors (Lipinski definition) is 1. The Hall–Kier alpha value is -1.42. The Morgan fingerprint density at radius 2 is 2.47 bits per heavy atom. The van der Waals surface area contributed by atoms with Gasteiger partial charge in [-0.3, -0.25) is 9.78 Å². The highest BCUT2D eigenvalue weighted by atomic mass is 16.5. The number of nitrogens with two attached hydrogens (primary N) is 1. The highest BCUT2D eigenvalue weighted by Gasteiger charge is 2.18. The molecular formula is C11H16N2O2. The van der Waals surface area contributed by atoms with Crippen molar-refractivity contribution in [1.29, 1.82) is 0 Å². The van der Waals surface area contributed by atoms with E-state index >= 15 is 0 Å². The van der Waals surface area contributed by atoms with Gasteiger partial charge in [-0.1, -0.05) is 6.07 Å². The Balaban J connectivity index is 2.58. The summed E-state index contributed by atoms with van der Waals surface area (Å²) in [7, 11) is 0. The maximum Gasteiger partial charge on any atom is 0.310 e. The summed E-state index contributed by atoms with van der Waals surface area (Å²) < 4.78 is 4.93. The Kier molecular flexibility index (Phi) is 4.77. The minimum Gasteiger partial charge on any atom is -0.466 e. The molecule has 4 nitrogen and oxygen atoms in total. The normalized spacial score (nSPS) is 12.1. The molecule has 1 heterocycles. The zero-order valence-corrected chi connectivity index (χ0v) is 8.85. The molecule has 4 heteroatoms. The molecule has 0 saturated heterocycles. The lowest BCUT2D eigenvalue weighted by atomic mass is 10.0. The van der Waals surface area contributed by atoms with Crippen LogP contribution in [0.3, 0.4) is 0 Å². The van der Waals surface area contributed by atoms with Gasteiger partial charge in [-0.15, -0.1) is 0 Å². The summed E-state index contributed by atoms with van der Waals surface area (Å²) in [5, 5.41) is 0. The summed E-state index contributed by atoms with van der Waals surface area (Å²) in [6.45, 7) is 2.48.